The van der Waals surface area contributed by atoms with Gasteiger partial charge in [0, 0.05) is 21.5 Å². The third-order valence-electron chi connectivity index (χ3n) is 4.03. The molecule has 2 aromatic carbocycles. The van der Waals surface area contributed by atoms with E-state index in [0.717, 1.165) is 22.1 Å². The Bertz CT molecular complexity index is 996. The highest BCUT2D eigenvalue weighted by molar-refractivity contribution is 7.21. The molecule has 7 heteroatoms. The summed E-state index contributed by atoms with van der Waals surface area (Å²) in [5.74, 6) is 0.0650. The van der Waals surface area contributed by atoms with E-state index in [0.29, 0.717) is 28.6 Å². The molecule has 2 amide bonds. The predicted molar refractivity (Wildman–Crippen MR) is 113 cm³/mol. The predicted octanol–water partition coefficient (Wildman–Crippen LogP) is 5.43. The second kappa shape index (κ2) is 8.75. The Morgan fingerprint density at radius 2 is 1.71 bits per heavy atom. The molecule has 146 valence electrons. The molecular weight excluding hydrogens is 376 g/mol. The molecule has 1 heterocycles. The third kappa shape index (κ3) is 4.43. The van der Waals surface area contributed by atoms with Crippen LogP contribution in [0.1, 0.15) is 28.6 Å². The third-order valence-corrected chi connectivity index (χ3v) is 5.16. The average Bonchev–Trinajstić information content (AvgIpc) is 3.05. The number of hydrogen-bond donors (Lipinski definition) is 2. The number of urea groups is 1. The zero-order valence-corrected chi connectivity index (χ0v) is 16.8. The van der Waals surface area contributed by atoms with Crippen molar-refractivity contribution in [2.24, 2.45) is 0 Å². The number of thiophene rings is 1. The van der Waals surface area contributed by atoms with E-state index in [1.807, 2.05) is 44.2 Å². The molecule has 3 rings (SSSR count). The van der Waals surface area contributed by atoms with Crippen LogP contribution in [-0.2, 0) is 4.74 Å². The second-order valence-electron chi connectivity index (χ2n) is 6.26. The molecule has 6 nitrogen and oxygen atoms in total. The fourth-order valence-corrected chi connectivity index (χ4v) is 3.70. The van der Waals surface area contributed by atoms with E-state index in [2.05, 4.69) is 10.6 Å². The van der Waals surface area contributed by atoms with Crippen LogP contribution in [0, 0.1) is 6.92 Å². The first-order chi connectivity index (χ1) is 13.5. The summed E-state index contributed by atoms with van der Waals surface area (Å²) in [6.45, 7) is 4.47. The van der Waals surface area contributed by atoms with Gasteiger partial charge in [-0.05, 0) is 43.7 Å². The van der Waals surface area contributed by atoms with Crippen LogP contribution in [0.15, 0.2) is 42.5 Å². The topological polar surface area (TPSA) is 76.7 Å². The van der Waals surface area contributed by atoms with E-state index in [1.54, 1.807) is 12.1 Å². The van der Waals surface area contributed by atoms with Gasteiger partial charge in [0.05, 0.1) is 13.7 Å². The van der Waals surface area contributed by atoms with Crippen LogP contribution in [-0.4, -0.2) is 25.7 Å². The van der Waals surface area contributed by atoms with E-state index in [4.69, 9.17) is 9.47 Å². The molecule has 3 aromatic rings. The lowest BCUT2D eigenvalue weighted by Crippen LogP contribution is -2.19. The Kier molecular flexibility index (Phi) is 6.16. The lowest BCUT2D eigenvalue weighted by molar-refractivity contribution is 0.0602. The molecule has 0 aliphatic carbocycles. The van der Waals surface area contributed by atoms with Crippen molar-refractivity contribution >= 4 is 44.8 Å². The second-order valence-corrected chi connectivity index (χ2v) is 7.31. The molecule has 0 aliphatic heterocycles. The summed E-state index contributed by atoms with van der Waals surface area (Å²) in [5.41, 5.74) is 2.43. The SMILES string of the molecule is CCCOc1c(C(=O)OC)sc2ccc(NC(=O)Nc3ccc(C)cc3)cc12. The molecule has 0 saturated carbocycles. The summed E-state index contributed by atoms with van der Waals surface area (Å²) < 4.78 is 11.6. The minimum absolute atomic E-state index is 0.345. The molecule has 0 saturated heterocycles. The Balaban J connectivity index is 1.84. The maximum atomic E-state index is 12.3. The molecular formula is C21H22N2O4S. The van der Waals surface area contributed by atoms with Gasteiger partial charge < -0.3 is 20.1 Å². The number of nitrogens with one attached hydrogen (secondary N) is 2. The number of ether oxygens (including phenoxy) is 2. The molecule has 0 radical (unpaired) electrons. The Morgan fingerprint density at radius 1 is 1.04 bits per heavy atom. The number of benzene rings is 2. The number of esters is 1. The van der Waals surface area contributed by atoms with Crippen LogP contribution in [0.25, 0.3) is 10.1 Å². The minimum atomic E-state index is -0.432. The van der Waals surface area contributed by atoms with Crippen molar-refractivity contribution in [2.75, 3.05) is 24.4 Å². The highest BCUT2D eigenvalue weighted by Crippen LogP contribution is 2.39. The number of anilines is 2. The number of amides is 2. The van der Waals surface area contributed by atoms with Crippen molar-refractivity contribution in [1.29, 1.82) is 0 Å². The lowest BCUT2D eigenvalue weighted by Gasteiger charge is -2.09. The molecule has 0 bridgehead atoms. The van der Waals surface area contributed by atoms with E-state index < -0.39 is 5.97 Å². The van der Waals surface area contributed by atoms with Gasteiger partial charge in [-0.1, -0.05) is 24.6 Å². The van der Waals surface area contributed by atoms with Gasteiger partial charge >= 0.3 is 12.0 Å². The van der Waals surface area contributed by atoms with Crippen molar-refractivity contribution < 1.29 is 19.1 Å². The maximum Gasteiger partial charge on any atom is 0.351 e. The minimum Gasteiger partial charge on any atom is -0.491 e. The van der Waals surface area contributed by atoms with Gasteiger partial charge in [-0.25, -0.2) is 9.59 Å². The van der Waals surface area contributed by atoms with E-state index in [9.17, 15) is 9.59 Å². The normalized spacial score (nSPS) is 10.5. The molecule has 0 aliphatic rings. The van der Waals surface area contributed by atoms with Gasteiger partial charge in [-0.3, -0.25) is 0 Å². The molecule has 28 heavy (non-hydrogen) atoms. The van der Waals surface area contributed by atoms with Crippen molar-refractivity contribution in [1.82, 2.24) is 0 Å². The number of methoxy groups -OCH3 is 1. The maximum absolute atomic E-state index is 12.3. The Morgan fingerprint density at radius 3 is 2.39 bits per heavy atom. The average molecular weight is 398 g/mol. The van der Waals surface area contributed by atoms with Gasteiger partial charge in [0.1, 0.15) is 0 Å². The summed E-state index contributed by atoms with van der Waals surface area (Å²) >= 11 is 1.31. The molecule has 0 unspecified atom stereocenters. The molecule has 1 aromatic heterocycles. The fraction of sp³-hybridized carbons (Fsp3) is 0.238. The van der Waals surface area contributed by atoms with Crippen molar-refractivity contribution in [3.8, 4) is 5.75 Å². The first-order valence-electron chi connectivity index (χ1n) is 8.94. The van der Waals surface area contributed by atoms with E-state index in [1.165, 1.54) is 18.4 Å². The van der Waals surface area contributed by atoms with Gasteiger partial charge in [0.2, 0.25) is 0 Å². The van der Waals surface area contributed by atoms with E-state index >= 15 is 0 Å². The largest absolute Gasteiger partial charge is 0.491 e. The fourth-order valence-electron chi connectivity index (χ4n) is 2.66. The van der Waals surface area contributed by atoms with Crippen LogP contribution in [0.2, 0.25) is 0 Å². The summed E-state index contributed by atoms with van der Waals surface area (Å²) in [6, 6.07) is 12.6. The van der Waals surface area contributed by atoms with Crippen LogP contribution < -0.4 is 15.4 Å². The van der Waals surface area contributed by atoms with Crippen molar-refractivity contribution in [3.63, 3.8) is 0 Å². The van der Waals surface area contributed by atoms with Crippen molar-refractivity contribution in [3.05, 3.63) is 52.9 Å². The number of carbonyl (C=O) groups is 2. The van der Waals surface area contributed by atoms with Gasteiger partial charge in [-0.15, -0.1) is 11.3 Å². The first kappa shape index (κ1) is 19.7. The summed E-state index contributed by atoms with van der Waals surface area (Å²) in [5, 5.41) is 6.38. The molecule has 0 fully saturated rings. The molecule has 2 N–H and O–H groups in total. The Labute approximate surface area is 167 Å². The highest BCUT2D eigenvalue weighted by Gasteiger charge is 2.21. The zero-order chi connectivity index (χ0) is 20.1. The monoisotopic (exact) mass is 398 g/mol. The molecule has 0 atom stereocenters. The summed E-state index contributed by atoms with van der Waals surface area (Å²) in [4.78, 5) is 24.8. The standard InChI is InChI=1S/C21H22N2O4S/c1-4-11-27-18-16-12-15(9-10-17(16)28-19(18)20(24)26-3)23-21(25)22-14-7-5-13(2)6-8-14/h5-10,12H,4,11H2,1-3H3,(H2,22,23,25). The van der Waals surface area contributed by atoms with Crippen LogP contribution in [0.4, 0.5) is 16.2 Å². The van der Waals surface area contributed by atoms with Gasteiger partial charge in [0.15, 0.2) is 10.6 Å². The number of carbonyl (C=O) groups excluding carboxylic acids is 2. The first-order valence-corrected chi connectivity index (χ1v) is 9.75. The van der Waals surface area contributed by atoms with E-state index in [-0.39, 0.29) is 6.03 Å². The summed E-state index contributed by atoms with van der Waals surface area (Å²) in [6.07, 6.45) is 0.814. The van der Waals surface area contributed by atoms with Crippen molar-refractivity contribution in [2.45, 2.75) is 20.3 Å². The molecule has 0 spiro atoms. The lowest BCUT2D eigenvalue weighted by atomic mass is 10.2. The Hall–Kier alpha value is -3.06. The number of fused-ring (bicyclic) bond motifs is 1. The zero-order valence-electron chi connectivity index (χ0n) is 16.0. The quantitative estimate of drug-likeness (QED) is 0.543. The number of hydrogen-bond acceptors (Lipinski definition) is 5. The smallest absolute Gasteiger partial charge is 0.351 e. The highest BCUT2D eigenvalue weighted by atomic mass is 32.1. The van der Waals surface area contributed by atoms with Gasteiger partial charge in [0.25, 0.3) is 0 Å². The van der Waals surface area contributed by atoms with Crippen LogP contribution in [0.5, 0.6) is 5.75 Å². The van der Waals surface area contributed by atoms with Crippen LogP contribution >= 0.6 is 11.3 Å². The number of aryl methyl sites for hydroxylation is 1. The van der Waals surface area contributed by atoms with Gasteiger partial charge in [-0.2, -0.15) is 0 Å². The van der Waals surface area contributed by atoms with Crippen LogP contribution in [0.3, 0.4) is 0 Å². The summed E-state index contributed by atoms with van der Waals surface area (Å²) in [7, 11) is 1.35. The number of rotatable bonds is 6.